The molecule has 0 aromatic rings. The highest BCUT2D eigenvalue weighted by Gasteiger charge is 2.19. The number of unbranched alkanes of at least 4 members (excludes halogenated alkanes) is 32. The number of carbonyl (C=O) groups excluding carboxylic acids is 3. The van der Waals surface area contributed by atoms with Crippen molar-refractivity contribution in [2.24, 2.45) is 0 Å². The second kappa shape index (κ2) is 54.0. The van der Waals surface area contributed by atoms with Gasteiger partial charge in [0.2, 0.25) is 0 Å². The molecular formula is C59H106O6. The minimum atomic E-state index is -0.777. The van der Waals surface area contributed by atoms with E-state index in [4.69, 9.17) is 14.2 Å². The number of hydrogen-bond donors (Lipinski definition) is 0. The van der Waals surface area contributed by atoms with Gasteiger partial charge in [0.1, 0.15) is 13.2 Å². The highest BCUT2D eigenvalue weighted by molar-refractivity contribution is 5.71. The normalized spacial score (nSPS) is 12.4. The number of carbonyl (C=O) groups is 3. The average molecular weight is 911 g/mol. The Morgan fingerprint density at radius 2 is 0.554 bits per heavy atom. The van der Waals surface area contributed by atoms with Crippen molar-refractivity contribution in [1.29, 1.82) is 0 Å². The van der Waals surface area contributed by atoms with E-state index in [-0.39, 0.29) is 31.1 Å². The molecule has 0 aliphatic heterocycles. The molecule has 0 heterocycles. The molecule has 0 rings (SSSR count). The lowest BCUT2D eigenvalue weighted by atomic mass is 10.1. The molecule has 378 valence electrons. The van der Waals surface area contributed by atoms with E-state index in [2.05, 4.69) is 69.4 Å². The zero-order valence-electron chi connectivity index (χ0n) is 43.3. The molecule has 0 N–H and O–H groups in total. The fraction of sp³-hybridized carbons (Fsp3) is 0.814. The first-order valence-electron chi connectivity index (χ1n) is 28.1. The lowest BCUT2D eigenvalue weighted by Crippen LogP contribution is -2.30. The highest BCUT2D eigenvalue weighted by Crippen LogP contribution is 2.15. The van der Waals surface area contributed by atoms with Gasteiger partial charge in [0.15, 0.2) is 6.10 Å². The maximum absolute atomic E-state index is 12.8. The Labute approximate surface area is 403 Å². The summed E-state index contributed by atoms with van der Waals surface area (Å²) in [6, 6.07) is 0. The summed E-state index contributed by atoms with van der Waals surface area (Å²) in [5.41, 5.74) is 0. The molecule has 0 aliphatic carbocycles. The van der Waals surface area contributed by atoms with Crippen LogP contribution in [0.1, 0.15) is 290 Å². The van der Waals surface area contributed by atoms with Crippen LogP contribution in [0, 0.1) is 0 Å². The van der Waals surface area contributed by atoms with Gasteiger partial charge in [0.25, 0.3) is 0 Å². The van der Waals surface area contributed by atoms with Gasteiger partial charge in [-0.3, -0.25) is 14.4 Å². The summed E-state index contributed by atoms with van der Waals surface area (Å²) in [4.78, 5) is 38.0. The number of ether oxygens (including phenoxy) is 3. The molecule has 0 radical (unpaired) electrons. The second-order valence-electron chi connectivity index (χ2n) is 18.8. The second-order valence-corrected chi connectivity index (χ2v) is 18.8. The zero-order valence-corrected chi connectivity index (χ0v) is 43.3. The predicted molar refractivity (Wildman–Crippen MR) is 279 cm³/mol. The third-order valence-electron chi connectivity index (χ3n) is 12.3. The molecule has 6 nitrogen and oxygen atoms in total. The Morgan fingerprint density at radius 1 is 0.308 bits per heavy atom. The maximum atomic E-state index is 12.8. The standard InChI is InChI=1S/C59H106O6/c1-4-7-10-13-16-19-21-23-25-27-29-30-31-33-34-36-38-40-43-46-49-52-58(61)64-55-56(54-63-57(60)51-48-45-42-18-15-12-9-6-3)65-59(62)53-50-47-44-41-39-37-35-32-28-26-24-22-20-17-14-11-8-5-2/h21,23,26-29,31,33,56H,4-20,22,24-25,30,32,34-55H2,1-3H3/b23-21-,28-26-,29-27-,33-31-. The molecule has 0 spiro atoms. The van der Waals surface area contributed by atoms with Crippen molar-refractivity contribution in [3.8, 4) is 0 Å². The number of allylic oxidation sites excluding steroid dienone is 8. The van der Waals surface area contributed by atoms with Crippen LogP contribution in [-0.4, -0.2) is 37.2 Å². The molecule has 0 fully saturated rings. The average Bonchev–Trinajstić information content (AvgIpc) is 3.30. The van der Waals surface area contributed by atoms with E-state index in [0.29, 0.717) is 19.3 Å². The third kappa shape index (κ3) is 52.2. The molecule has 6 heteroatoms. The van der Waals surface area contributed by atoms with Crippen LogP contribution in [0.5, 0.6) is 0 Å². The first-order valence-corrected chi connectivity index (χ1v) is 28.1. The van der Waals surface area contributed by atoms with Crippen LogP contribution in [0.15, 0.2) is 48.6 Å². The molecule has 0 aromatic carbocycles. The van der Waals surface area contributed by atoms with Crippen LogP contribution in [0.2, 0.25) is 0 Å². The van der Waals surface area contributed by atoms with Crippen LogP contribution < -0.4 is 0 Å². The molecule has 0 saturated heterocycles. The third-order valence-corrected chi connectivity index (χ3v) is 12.3. The van der Waals surface area contributed by atoms with Crippen molar-refractivity contribution >= 4 is 17.9 Å². The topological polar surface area (TPSA) is 78.9 Å². The number of esters is 3. The van der Waals surface area contributed by atoms with Crippen LogP contribution in [-0.2, 0) is 28.6 Å². The van der Waals surface area contributed by atoms with Crippen molar-refractivity contribution in [2.45, 2.75) is 297 Å². The van der Waals surface area contributed by atoms with Gasteiger partial charge in [-0.15, -0.1) is 0 Å². The molecule has 1 atom stereocenters. The number of rotatable bonds is 51. The highest BCUT2D eigenvalue weighted by atomic mass is 16.6. The molecule has 0 amide bonds. The van der Waals surface area contributed by atoms with Gasteiger partial charge < -0.3 is 14.2 Å². The van der Waals surface area contributed by atoms with Crippen LogP contribution >= 0.6 is 0 Å². The number of hydrogen-bond acceptors (Lipinski definition) is 6. The van der Waals surface area contributed by atoms with Gasteiger partial charge in [0.05, 0.1) is 0 Å². The first kappa shape index (κ1) is 62.4. The van der Waals surface area contributed by atoms with Crippen LogP contribution in [0.25, 0.3) is 0 Å². The van der Waals surface area contributed by atoms with E-state index in [1.807, 2.05) is 0 Å². The van der Waals surface area contributed by atoms with E-state index >= 15 is 0 Å². The predicted octanol–water partition coefficient (Wildman–Crippen LogP) is 18.7. The van der Waals surface area contributed by atoms with E-state index in [1.165, 1.54) is 173 Å². The summed E-state index contributed by atoms with van der Waals surface area (Å²) in [7, 11) is 0. The van der Waals surface area contributed by atoms with Gasteiger partial charge in [-0.2, -0.15) is 0 Å². The van der Waals surface area contributed by atoms with Crippen molar-refractivity contribution in [3.05, 3.63) is 48.6 Å². The molecule has 1 unspecified atom stereocenters. The molecule has 65 heavy (non-hydrogen) atoms. The van der Waals surface area contributed by atoms with Crippen LogP contribution in [0.3, 0.4) is 0 Å². The summed E-state index contributed by atoms with van der Waals surface area (Å²) in [5, 5.41) is 0. The SMILES string of the molecule is CCCCCCC/C=C\C/C=C\C/C=C\CCCCCCCCC(=O)OCC(COC(=O)CCCCCCCCCC)OC(=O)CCCCCCCCC/C=C\CCCCCCCCC. The van der Waals surface area contributed by atoms with Gasteiger partial charge in [-0.05, 0) is 83.5 Å². The monoisotopic (exact) mass is 911 g/mol. The fourth-order valence-electron chi connectivity index (χ4n) is 8.03. The molecular weight excluding hydrogens is 805 g/mol. The van der Waals surface area contributed by atoms with Gasteiger partial charge in [0, 0.05) is 19.3 Å². The largest absolute Gasteiger partial charge is 0.462 e. The Hall–Kier alpha value is -2.63. The first-order chi connectivity index (χ1) is 32.0. The quantitative estimate of drug-likeness (QED) is 0.0262. The van der Waals surface area contributed by atoms with E-state index in [0.717, 1.165) is 77.0 Å². The Kier molecular flexibility index (Phi) is 51.8. The summed E-state index contributed by atoms with van der Waals surface area (Å²) >= 11 is 0. The Balaban J connectivity index is 4.27. The zero-order chi connectivity index (χ0) is 47.2. The molecule has 0 aliphatic rings. The molecule has 0 saturated carbocycles. The van der Waals surface area contributed by atoms with Gasteiger partial charge >= 0.3 is 17.9 Å². The summed E-state index contributed by atoms with van der Waals surface area (Å²) in [5.74, 6) is -0.889. The maximum Gasteiger partial charge on any atom is 0.306 e. The van der Waals surface area contributed by atoms with Crippen LogP contribution in [0.4, 0.5) is 0 Å². The summed E-state index contributed by atoms with van der Waals surface area (Å²) in [6.45, 7) is 6.60. The summed E-state index contributed by atoms with van der Waals surface area (Å²) < 4.78 is 16.8. The van der Waals surface area contributed by atoms with Gasteiger partial charge in [-0.25, -0.2) is 0 Å². The summed E-state index contributed by atoms with van der Waals surface area (Å²) in [6.07, 6.45) is 65.4. The fourth-order valence-corrected chi connectivity index (χ4v) is 8.03. The smallest absolute Gasteiger partial charge is 0.306 e. The van der Waals surface area contributed by atoms with E-state index in [9.17, 15) is 14.4 Å². The molecule has 0 bridgehead atoms. The van der Waals surface area contributed by atoms with E-state index < -0.39 is 6.10 Å². The lowest BCUT2D eigenvalue weighted by Gasteiger charge is -2.18. The van der Waals surface area contributed by atoms with Crippen molar-refractivity contribution in [3.63, 3.8) is 0 Å². The molecule has 0 aromatic heterocycles. The van der Waals surface area contributed by atoms with Gasteiger partial charge in [-0.1, -0.05) is 236 Å². The minimum Gasteiger partial charge on any atom is -0.462 e. The van der Waals surface area contributed by atoms with Crippen molar-refractivity contribution in [2.75, 3.05) is 13.2 Å². The van der Waals surface area contributed by atoms with Crippen molar-refractivity contribution in [1.82, 2.24) is 0 Å². The minimum absolute atomic E-state index is 0.0774. The lowest BCUT2D eigenvalue weighted by molar-refractivity contribution is -0.167. The Morgan fingerprint density at radius 3 is 0.877 bits per heavy atom. The Bertz CT molecular complexity index is 1140. The van der Waals surface area contributed by atoms with Crippen molar-refractivity contribution < 1.29 is 28.6 Å². The van der Waals surface area contributed by atoms with E-state index in [1.54, 1.807) is 0 Å².